The molecule has 1 aliphatic rings. The minimum Gasteiger partial charge on any atom is -0.320 e. The highest BCUT2D eigenvalue weighted by atomic mass is 35.5. The van der Waals surface area contributed by atoms with Gasteiger partial charge in [-0.25, -0.2) is 0 Å². The predicted molar refractivity (Wildman–Crippen MR) is 58.8 cm³/mol. The molecular formula is C8H11Cl3N2. The van der Waals surface area contributed by atoms with Gasteiger partial charge in [0.05, 0.1) is 16.3 Å². The lowest BCUT2D eigenvalue weighted by molar-refractivity contribution is 0.708. The van der Waals surface area contributed by atoms with Crippen LogP contribution in [0.25, 0.3) is 0 Å². The molecule has 0 unspecified atom stereocenters. The van der Waals surface area contributed by atoms with E-state index in [1.165, 1.54) is 0 Å². The highest BCUT2D eigenvalue weighted by Gasteiger charge is 2.41. The van der Waals surface area contributed by atoms with Crippen LogP contribution in [0.1, 0.15) is 18.5 Å². The maximum absolute atomic E-state index is 5.91. The van der Waals surface area contributed by atoms with Crippen LogP contribution in [0, 0.1) is 0 Å². The highest BCUT2D eigenvalue weighted by molar-refractivity contribution is 6.30. The van der Waals surface area contributed by atoms with Gasteiger partial charge in [0.2, 0.25) is 0 Å². The minimum absolute atomic E-state index is 0. The summed E-state index contributed by atoms with van der Waals surface area (Å²) in [6, 6.07) is 3.73. The molecule has 1 fully saturated rings. The molecular weight excluding hydrogens is 230 g/mol. The molecule has 0 aliphatic heterocycles. The van der Waals surface area contributed by atoms with E-state index in [1.54, 1.807) is 6.20 Å². The molecule has 1 aliphatic carbocycles. The molecule has 0 bridgehead atoms. The maximum Gasteiger partial charge on any atom is 0.0603 e. The lowest BCUT2D eigenvalue weighted by atomic mass is 10.2. The van der Waals surface area contributed by atoms with Crippen molar-refractivity contribution in [3.8, 4) is 0 Å². The Labute approximate surface area is 94.7 Å². The second-order valence-electron chi connectivity index (χ2n) is 3.02. The second-order valence-corrected chi connectivity index (χ2v) is 3.45. The molecule has 0 saturated heterocycles. The SMILES string of the molecule is Cl.Cl.NC1(c2ccc(Cl)cn2)CC1. The summed E-state index contributed by atoms with van der Waals surface area (Å²) < 4.78 is 0. The Balaban J connectivity index is 0.000000720. The van der Waals surface area contributed by atoms with Gasteiger partial charge in [-0.15, -0.1) is 24.8 Å². The maximum atomic E-state index is 5.91. The number of nitrogens with zero attached hydrogens (tertiary/aromatic N) is 1. The number of hydrogen-bond acceptors (Lipinski definition) is 2. The Kier molecular flexibility index (Phi) is 4.46. The quantitative estimate of drug-likeness (QED) is 0.821. The highest BCUT2D eigenvalue weighted by Crippen LogP contribution is 2.41. The molecule has 1 heterocycles. The zero-order valence-electron chi connectivity index (χ0n) is 6.87. The van der Waals surface area contributed by atoms with E-state index in [2.05, 4.69) is 4.98 Å². The van der Waals surface area contributed by atoms with Crippen LogP contribution in [0.4, 0.5) is 0 Å². The van der Waals surface area contributed by atoms with Gasteiger partial charge in [-0.3, -0.25) is 4.98 Å². The third-order valence-electron chi connectivity index (χ3n) is 2.03. The van der Waals surface area contributed by atoms with Gasteiger partial charge in [0.15, 0.2) is 0 Å². The lowest BCUT2D eigenvalue weighted by Crippen LogP contribution is -2.19. The molecule has 1 aromatic heterocycles. The summed E-state index contributed by atoms with van der Waals surface area (Å²) in [5, 5.41) is 0.665. The van der Waals surface area contributed by atoms with Gasteiger partial charge in [-0.1, -0.05) is 11.6 Å². The molecule has 2 nitrogen and oxygen atoms in total. The summed E-state index contributed by atoms with van der Waals surface area (Å²) in [6.45, 7) is 0. The number of rotatable bonds is 1. The van der Waals surface area contributed by atoms with E-state index in [9.17, 15) is 0 Å². The van der Waals surface area contributed by atoms with Crippen molar-refractivity contribution in [3.05, 3.63) is 29.0 Å². The number of hydrogen-bond donors (Lipinski definition) is 1. The Hall–Kier alpha value is -0.0200. The van der Waals surface area contributed by atoms with Crippen molar-refractivity contribution in [2.24, 2.45) is 5.73 Å². The first-order valence-electron chi connectivity index (χ1n) is 3.62. The zero-order valence-corrected chi connectivity index (χ0v) is 9.25. The molecule has 0 atom stereocenters. The van der Waals surface area contributed by atoms with Crippen LogP contribution in [0.15, 0.2) is 18.3 Å². The minimum atomic E-state index is -0.134. The summed E-state index contributed by atoms with van der Waals surface area (Å²) in [7, 11) is 0. The molecule has 2 N–H and O–H groups in total. The third kappa shape index (κ3) is 2.71. The largest absolute Gasteiger partial charge is 0.320 e. The lowest BCUT2D eigenvalue weighted by Gasteiger charge is -2.06. The fourth-order valence-corrected chi connectivity index (χ4v) is 1.17. The van der Waals surface area contributed by atoms with E-state index in [0.29, 0.717) is 5.02 Å². The fraction of sp³-hybridized carbons (Fsp3) is 0.375. The van der Waals surface area contributed by atoms with E-state index >= 15 is 0 Å². The molecule has 5 heteroatoms. The van der Waals surface area contributed by atoms with Crippen molar-refractivity contribution in [2.45, 2.75) is 18.4 Å². The molecule has 1 aromatic rings. The van der Waals surface area contributed by atoms with E-state index in [0.717, 1.165) is 18.5 Å². The van der Waals surface area contributed by atoms with Crippen molar-refractivity contribution in [2.75, 3.05) is 0 Å². The molecule has 0 spiro atoms. The Morgan fingerprint density at radius 3 is 2.31 bits per heavy atom. The van der Waals surface area contributed by atoms with Crippen molar-refractivity contribution in [1.29, 1.82) is 0 Å². The first kappa shape index (κ1) is 13.0. The van der Waals surface area contributed by atoms with Crippen molar-refractivity contribution in [1.82, 2.24) is 4.98 Å². The van der Waals surface area contributed by atoms with Gasteiger partial charge < -0.3 is 5.73 Å². The van der Waals surface area contributed by atoms with Crippen molar-refractivity contribution in [3.63, 3.8) is 0 Å². The third-order valence-corrected chi connectivity index (χ3v) is 2.25. The molecule has 0 aromatic carbocycles. The smallest absolute Gasteiger partial charge is 0.0603 e. The molecule has 74 valence electrons. The van der Waals surface area contributed by atoms with Gasteiger partial charge >= 0.3 is 0 Å². The normalized spacial score (nSPS) is 16.8. The summed E-state index contributed by atoms with van der Waals surface area (Å²) in [5.41, 5.74) is 6.74. The molecule has 0 radical (unpaired) electrons. The monoisotopic (exact) mass is 240 g/mol. The van der Waals surface area contributed by atoms with Gasteiger partial charge in [0, 0.05) is 6.20 Å². The molecule has 13 heavy (non-hydrogen) atoms. The average Bonchev–Trinajstić information content (AvgIpc) is 2.70. The van der Waals surface area contributed by atoms with Crippen LogP contribution >= 0.6 is 36.4 Å². The summed E-state index contributed by atoms with van der Waals surface area (Å²) in [4.78, 5) is 4.16. The molecule has 2 rings (SSSR count). The van der Waals surface area contributed by atoms with Crippen LogP contribution in [0.5, 0.6) is 0 Å². The summed E-state index contributed by atoms with van der Waals surface area (Å²) >= 11 is 5.68. The average molecular weight is 242 g/mol. The number of nitrogens with two attached hydrogens (primary N) is 1. The number of aromatic nitrogens is 1. The zero-order chi connectivity index (χ0) is 7.90. The van der Waals surface area contributed by atoms with Gasteiger partial charge in [-0.2, -0.15) is 0 Å². The van der Waals surface area contributed by atoms with E-state index < -0.39 is 0 Å². The summed E-state index contributed by atoms with van der Waals surface area (Å²) in [6.07, 6.45) is 3.73. The van der Waals surface area contributed by atoms with E-state index in [1.807, 2.05) is 12.1 Å². The van der Waals surface area contributed by atoms with Crippen LogP contribution in [0.2, 0.25) is 5.02 Å². The molecule has 1 saturated carbocycles. The number of pyridine rings is 1. The predicted octanol–water partition coefficient (Wildman–Crippen LogP) is 2.53. The Morgan fingerprint density at radius 2 is 1.92 bits per heavy atom. The second kappa shape index (κ2) is 4.47. The van der Waals surface area contributed by atoms with Crippen LogP contribution in [0.3, 0.4) is 0 Å². The van der Waals surface area contributed by atoms with Crippen LogP contribution in [-0.4, -0.2) is 4.98 Å². The van der Waals surface area contributed by atoms with Crippen LogP contribution < -0.4 is 5.73 Å². The Bertz CT molecular complexity index is 269. The number of halogens is 3. The van der Waals surface area contributed by atoms with Crippen molar-refractivity contribution >= 4 is 36.4 Å². The standard InChI is InChI=1S/C8H9ClN2.2ClH/c9-6-1-2-7(11-5-6)8(10)3-4-8;;/h1-2,5H,3-4,10H2;2*1H. The van der Waals surface area contributed by atoms with Gasteiger partial charge in [0.1, 0.15) is 0 Å². The fourth-order valence-electron chi connectivity index (χ4n) is 1.06. The van der Waals surface area contributed by atoms with Crippen LogP contribution in [-0.2, 0) is 5.54 Å². The van der Waals surface area contributed by atoms with Gasteiger partial charge in [-0.05, 0) is 25.0 Å². The molecule has 0 amide bonds. The van der Waals surface area contributed by atoms with Crippen molar-refractivity contribution < 1.29 is 0 Å². The topological polar surface area (TPSA) is 38.9 Å². The van der Waals surface area contributed by atoms with E-state index in [-0.39, 0.29) is 30.4 Å². The summed E-state index contributed by atoms with van der Waals surface area (Å²) in [5.74, 6) is 0. The van der Waals surface area contributed by atoms with E-state index in [4.69, 9.17) is 17.3 Å². The Morgan fingerprint density at radius 1 is 1.31 bits per heavy atom. The first-order chi connectivity index (χ1) is 5.21. The first-order valence-corrected chi connectivity index (χ1v) is 3.99. The van der Waals surface area contributed by atoms with Gasteiger partial charge in [0.25, 0.3) is 0 Å².